The van der Waals surface area contributed by atoms with Gasteiger partial charge in [-0.25, -0.2) is 0 Å². The number of amides is 1. The van der Waals surface area contributed by atoms with Crippen molar-refractivity contribution in [3.63, 3.8) is 0 Å². The molecule has 0 spiro atoms. The minimum atomic E-state index is -0.266. The van der Waals surface area contributed by atoms with Gasteiger partial charge in [-0.2, -0.15) is 0 Å². The van der Waals surface area contributed by atoms with Crippen LogP contribution in [0.2, 0.25) is 0 Å². The van der Waals surface area contributed by atoms with E-state index < -0.39 is 0 Å². The summed E-state index contributed by atoms with van der Waals surface area (Å²) in [6.45, 7) is 6.42. The first-order chi connectivity index (χ1) is 21.0. The van der Waals surface area contributed by atoms with E-state index in [4.69, 9.17) is 10.5 Å². The van der Waals surface area contributed by atoms with Crippen molar-refractivity contribution in [3.8, 4) is 0 Å². The molecule has 0 aliphatic heterocycles. The van der Waals surface area contributed by atoms with Crippen LogP contribution in [0.3, 0.4) is 0 Å². The third-order valence-electron chi connectivity index (χ3n) is 8.56. The van der Waals surface area contributed by atoms with Crippen LogP contribution in [0.15, 0.2) is 24.3 Å². The highest BCUT2D eigenvalue weighted by atomic mass is 16.5. The summed E-state index contributed by atoms with van der Waals surface area (Å²) < 4.78 is 5.61. The van der Waals surface area contributed by atoms with Crippen LogP contribution in [0.25, 0.3) is 0 Å². The fraction of sp³-hybridized carbons (Fsp3) is 0.846. The van der Waals surface area contributed by atoms with Crippen LogP contribution in [-0.2, 0) is 14.3 Å². The van der Waals surface area contributed by atoms with Crippen molar-refractivity contribution < 1.29 is 14.3 Å². The number of allylic oxidation sites excluding steroid dienone is 4. The van der Waals surface area contributed by atoms with Gasteiger partial charge in [-0.05, 0) is 77.6 Å². The van der Waals surface area contributed by atoms with Crippen molar-refractivity contribution in [1.82, 2.24) is 0 Å². The zero-order valence-electron chi connectivity index (χ0n) is 29.1. The van der Waals surface area contributed by atoms with Crippen molar-refractivity contribution in [2.45, 2.75) is 207 Å². The first-order valence-electron chi connectivity index (χ1n) is 18.8. The molecule has 2 unspecified atom stereocenters. The number of carbonyl (C=O) groups is 2. The molecule has 43 heavy (non-hydrogen) atoms. The summed E-state index contributed by atoms with van der Waals surface area (Å²) in [5.74, 6) is -0.615. The lowest BCUT2D eigenvalue weighted by molar-refractivity contribution is -0.150. The monoisotopic (exact) mass is 604 g/mol. The summed E-state index contributed by atoms with van der Waals surface area (Å²) in [5, 5.41) is 0. The van der Waals surface area contributed by atoms with Gasteiger partial charge in [0, 0.05) is 12.3 Å². The van der Waals surface area contributed by atoms with Gasteiger partial charge in [-0.3, -0.25) is 9.59 Å². The van der Waals surface area contributed by atoms with Crippen LogP contribution in [0.4, 0.5) is 0 Å². The number of unbranched alkanes of at least 4 members (excludes halogenated alkanes) is 21. The van der Waals surface area contributed by atoms with Gasteiger partial charge in [0.05, 0.1) is 6.10 Å². The summed E-state index contributed by atoms with van der Waals surface area (Å²) in [6.07, 6.45) is 42.1. The highest BCUT2D eigenvalue weighted by molar-refractivity contribution is 5.76. The van der Waals surface area contributed by atoms with Crippen molar-refractivity contribution in [2.75, 3.05) is 0 Å². The van der Waals surface area contributed by atoms with E-state index in [-0.39, 0.29) is 23.9 Å². The molecule has 2 N–H and O–H groups in total. The van der Waals surface area contributed by atoms with E-state index >= 15 is 0 Å². The van der Waals surface area contributed by atoms with Gasteiger partial charge in [0.2, 0.25) is 5.91 Å². The Kier molecular flexibility index (Phi) is 32.1. The van der Waals surface area contributed by atoms with Gasteiger partial charge >= 0.3 is 5.97 Å². The molecule has 252 valence electrons. The van der Waals surface area contributed by atoms with Gasteiger partial charge < -0.3 is 10.5 Å². The number of nitrogens with two attached hydrogens (primary N) is 1. The fourth-order valence-electron chi connectivity index (χ4n) is 5.73. The van der Waals surface area contributed by atoms with Gasteiger partial charge in [0.25, 0.3) is 0 Å². The third-order valence-corrected chi connectivity index (χ3v) is 8.56. The number of ether oxygens (including phenoxy) is 1. The maximum absolute atomic E-state index is 12.3. The summed E-state index contributed by atoms with van der Waals surface area (Å²) in [6, 6.07) is 0. The maximum atomic E-state index is 12.3. The van der Waals surface area contributed by atoms with Gasteiger partial charge in [0.15, 0.2) is 0 Å². The number of hydrogen-bond acceptors (Lipinski definition) is 3. The van der Waals surface area contributed by atoms with Crippen LogP contribution in [0, 0.1) is 5.92 Å². The zero-order chi connectivity index (χ0) is 31.6. The second-order valence-corrected chi connectivity index (χ2v) is 13.0. The predicted molar refractivity (Wildman–Crippen MR) is 187 cm³/mol. The Morgan fingerprint density at radius 2 is 0.930 bits per heavy atom. The van der Waals surface area contributed by atoms with Crippen LogP contribution < -0.4 is 5.73 Å². The molecule has 0 aromatic rings. The summed E-state index contributed by atoms with van der Waals surface area (Å²) in [4.78, 5) is 24.3. The Morgan fingerprint density at radius 1 is 0.558 bits per heavy atom. The molecule has 0 aromatic carbocycles. The van der Waals surface area contributed by atoms with E-state index in [2.05, 4.69) is 38.2 Å². The van der Waals surface area contributed by atoms with Crippen LogP contribution in [0.1, 0.15) is 201 Å². The fourth-order valence-corrected chi connectivity index (χ4v) is 5.73. The first-order valence-corrected chi connectivity index (χ1v) is 18.8. The molecule has 0 aromatic heterocycles. The molecule has 4 nitrogen and oxygen atoms in total. The maximum Gasteiger partial charge on any atom is 0.306 e. The molecule has 0 aliphatic carbocycles. The number of hydrogen-bond donors (Lipinski definition) is 1. The molecule has 0 rings (SSSR count). The molecular weight excluding hydrogens is 530 g/mol. The molecule has 2 atom stereocenters. The smallest absolute Gasteiger partial charge is 0.306 e. The second kappa shape index (κ2) is 33.3. The first kappa shape index (κ1) is 41.4. The number of carbonyl (C=O) groups excluding carboxylic acids is 2. The molecule has 0 heterocycles. The van der Waals surface area contributed by atoms with E-state index in [0.717, 1.165) is 38.5 Å². The highest BCUT2D eigenvalue weighted by Gasteiger charge is 2.20. The Morgan fingerprint density at radius 3 is 1.35 bits per heavy atom. The third kappa shape index (κ3) is 31.6. The summed E-state index contributed by atoms with van der Waals surface area (Å²) >= 11 is 0. The minimum absolute atomic E-state index is 0.141. The average molecular weight is 604 g/mol. The van der Waals surface area contributed by atoms with Crippen molar-refractivity contribution in [3.05, 3.63) is 24.3 Å². The van der Waals surface area contributed by atoms with Crippen molar-refractivity contribution >= 4 is 11.9 Å². The molecule has 0 saturated carbocycles. The van der Waals surface area contributed by atoms with E-state index in [9.17, 15) is 9.59 Å². The molecule has 0 saturated heterocycles. The Hall–Kier alpha value is -1.58. The molecule has 0 aliphatic rings. The van der Waals surface area contributed by atoms with E-state index in [1.165, 1.54) is 128 Å². The lowest BCUT2D eigenvalue weighted by Crippen LogP contribution is -2.28. The number of rotatable bonds is 33. The minimum Gasteiger partial charge on any atom is -0.463 e. The Labute approximate surface area is 268 Å². The molecule has 0 fully saturated rings. The lowest BCUT2D eigenvalue weighted by Gasteiger charge is -2.19. The second-order valence-electron chi connectivity index (χ2n) is 13.0. The largest absolute Gasteiger partial charge is 0.463 e. The van der Waals surface area contributed by atoms with Crippen LogP contribution in [0.5, 0.6) is 0 Å². The van der Waals surface area contributed by atoms with Crippen LogP contribution >= 0.6 is 0 Å². The normalized spacial score (nSPS) is 13.2. The van der Waals surface area contributed by atoms with Gasteiger partial charge in [-0.15, -0.1) is 0 Å². The summed E-state index contributed by atoms with van der Waals surface area (Å²) in [7, 11) is 0. The Balaban J connectivity index is 3.72. The quantitative estimate of drug-likeness (QED) is 0.0461. The average Bonchev–Trinajstić information content (AvgIpc) is 2.98. The van der Waals surface area contributed by atoms with Gasteiger partial charge in [-0.1, -0.05) is 141 Å². The number of primary amides is 1. The molecular formula is C39H73NO3. The molecule has 0 bridgehead atoms. The predicted octanol–water partition coefficient (Wildman–Crippen LogP) is 12.1. The lowest BCUT2D eigenvalue weighted by atomic mass is 9.94. The molecule has 1 amide bonds. The highest BCUT2D eigenvalue weighted by Crippen LogP contribution is 2.19. The van der Waals surface area contributed by atoms with E-state index in [0.29, 0.717) is 12.8 Å². The SMILES string of the molecule is CCCCCCCCC=CCCCCCCCC(=O)OC(C)CC(CCCCCCC=CCCCCCCCC)C(N)=O. The summed E-state index contributed by atoms with van der Waals surface area (Å²) in [5.41, 5.74) is 5.68. The Bertz CT molecular complexity index is 671. The standard InChI is InChI=1S/C39H73NO3/c1-4-6-8-10-12-14-16-18-20-22-24-26-28-30-32-34-38(41)43-36(3)35-37(39(40)42)33-31-29-27-25-23-21-19-17-15-13-11-9-7-5-2/h18-21,36-37H,4-17,22-35H2,1-3H3,(H2,40,42). The van der Waals surface area contributed by atoms with Crippen LogP contribution in [-0.4, -0.2) is 18.0 Å². The number of esters is 1. The van der Waals surface area contributed by atoms with E-state index in [1.807, 2.05) is 6.92 Å². The van der Waals surface area contributed by atoms with Crippen molar-refractivity contribution in [2.24, 2.45) is 11.7 Å². The van der Waals surface area contributed by atoms with E-state index in [1.54, 1.807) is 0 Å². The molecule has 4 heteroatoms. The van der Waals surface area contributed by atoms with Gasteiger partial charge in [0.1, 0.15) is 0 Å². The zero-order valence-corrected chi connectivity index (χ0v) is 29.1. The topological polar surface area (TPSA) is 69.4 Å². The molecule has 0 radical (unpaired) electrons. The van der Waals surface area contributed by atoms with Crippen molar-refractivity contribution in [1.29, 1.82) is 0 Å².